The molecule has 0 saturated heterocycles. The minimum Gasteiger partial charge on any atom is -0.396 e. The average molecular weight is 389 g/mol. The summed E-state index contributed by atoms with van der Waals surface area (Å²) < 4.78 is 23.8. The van der Waals surface area contributed by atoms with Crippen LogP contribution in [-0.4, -0.2) is 8.42 Å². The van der Waals surface area contributed by atoms with Gasteiger partial charge in [-0.3, -0.25) is 0 Å². The van der Waals surface area contributed by atoms with E-state index in [4.69, 9.17) is 10.9 Å². The maximum Gasteiger partial charge on any atom is 0.240 e. The zero-order valence-electron chi connectivity index (χ0n) is 9.80. The minimum absolute atomic E-state index is 0.0804. The van der Waals surface area contributed by atoms with Crippen LogP contribution in [0.4, 0.5) is 17.1 Å². The van der Waals surface area contributed by atoms with Gasteiger partial charge >= 0.3 is 0 Å². The summed E-state index contributed by atoms with van der Waals surface area (Å²) in [6.07, 6.45) is 0. The van der Waals surface area contributed by atoms with E-state index in [0.29, 0.717) is 5.69 Å². The topological polar surface area (TPSA) is 98.2 Å². The highest BCUT2D eigenvalue weighted by molar-refractivity contribution is 14.1. The summed E-state index contributed by atoms with van der Waals surface area (Å²) in [4.78, 5) is -0.0804. The lowest BCUT2D eigenvalue weighted by atomic mass is 10.2. The van der Waals surface area contributed by atoms with Crippen molar-refractivity contribution in [3.8, 4) is 0 Å². The zero-order valence-corrected chi connectivity index (χ0v) is 12.8. The molecule has 2 aromatic carbocycles. The summed E-state index contributed by atoms with van der Waals surface area (Å²) in [6, 6.07) is 12.3. The summed E-state index contributed by atoms with van der Waals surface area (Å²) in [5.74, 6) is 0. The molecule has 2 aromatic rings. The van der Waals surface area contributed by atoms with Crippen LogP contribution >= 0.6 is 22.6 Å². The Morgan fingerprint density at radius 2 is 1.79 bits per heavy atom. The lowest BCUT2D eigenvalue weighted by molar-refractivity contribution is 0.598. The molecule has 0 aliphatic carbocycles. The van der Waals surface area contributed by atoms with Gasteiger partial charge in [0.1, 0.15) is 4.90 Å². The molecule has 0 fully saturated rings. The fourth-order valence-corrected chi connectivity index (χ4v) is 2.85. The number of sulfonamides is 1. The highest BCUT2D eigenvalue weighted by Crippen LogP contribution is 2.28. The summed E-state index contributed by atoms with van der Waals surface area (Å²) in [6.45, 7) is 0. The van der Waals surface area contributed by atoms with Gasteiger partial charge in [0.25, 0.3) is 0 Å². The third-order valence-corrected chi connectivity index (χ3v) is 4.12. The number of primary sulfonamides is 1. The van der Waals surface area contributed by atoms with Crippen LogP contribution in [0, 0.1) is 3.57 Å². The molecule has 0 saturated carbocycles. The van der Waals surface area contributed by atoms with Crippen LogP contribution in [0.2, 0.25) is 0 Å². The van der Waals surface area contributed by atoms with E-state index >= 15 is 0 Å². The van der Waals surface area contributed by atoms with Crippen molar-refractivity contribution in [2.24, 2.45) is 5.14 Å². The van der Waals surface area contributed by atoms with Crippen LogP contribution in [-0.2, 0) is 10.0 Å². The highest BCUT2D eigenvalue weighted by atomic mass is 127. The largest absolute Gasteiger partial charge is 0.396 e. The summed E-state index contributed by atoms with van der Waals surface area (Å²) >= 11 is 2.19. The average Bonchev–Trinajstić information content (AvgIpc) is 2.30. The number of nitrogens with two attached hydrogens (primary N) is 2. The smallest absolute Gasteiger partial charge is 0.240 e. The van der Waals surface area contributed by atoms with Gasteiger partial charge in [0.15, 0.2) is 0 Å². The van der Waals surface area contributed by atoms with Crippen molar-refractivity contribution in [3.63, 3.8) is 0 Å². The lowest BCUT2D eigenvalue weighted by Crippen LogP contribution is -2.15. The van der Waals surface area contributed by atoms with Crippen LogP contribution < -0.4 is 16.2 Å². The second kappa shape index (κ2) is 5.35. The fourth-order valence-electron chi connectivity index (χ4n) is 1.62. The molecule has 5 N–H and O–H groups in total. The van der Waals surface area contributed by atoms with E-state index in [1.807, 2.05) is 24.3 Å². The maximum absolute atomic E-state index is 11.4. The van der Waals surface area contributed by atoms with Crippen molar-refractivity contribution in [2.45, 2.75) is 4.90 Å². The van der Waals surface area contributed by atoms with Gasteiger partial charge in [-0.15, -0.1) is 0 Å². The summed E-state index contributed by atoms with van der Waals surface area (Å²) in [7, 11) is -3.82. The predicted molar refractivity (Wildman–Crippen MR) is 84.7 cm³/mol. The maximum atomic E-state index is 11.4. The zero-order chi connectivity index (χ0) is 14.0. The van der Waals surface area contributed by atoms with Gasteiger partial charge in [0.2, 0.25) is 10.0 Å². The summed E-state index contributed by atoms with van der Waals surface area (Å²) in [5, 5.41) is 8.18. The molecule has 0 heterocycles. The molecule has 0 radical (unpaired) electrons. The first-order valence-corrected chi connectivity index (χ1v) is 7.94. The molecule has 0 atom stereocenters. The van der Waals surface area contributed by atoms with Gasteiger partial charge in [0, 0.05) is 9.26 Å². The first-order valence-electron chi connectivity index (χ1n) is 5.32. The van der Waals surface area contributed by atoms with Crippen molar-refractivity contribution in [1.82, 2.24) is 0 Å². The lowest BCUT2D eigenvalue weighted by Gasteiger charge is -2.12. The van der Waals surface area contributed by atoms with Crippen LogP contribution in [0.1, 0.15) is 0 Å². The highest BCUT2D eigenvalue weighted by Gasteiger charge is 2.14. The molecular formula is C12H12IN3O2S. The molecule has 100 valence electrons. The molecule has 5 nitrogen and oxygen atoms in total. The van der Waals surface area contributed by atoms with Gasteiger partial charge in [-0.25, -0.2) is 13.6 Å². The molecule has 0 spiro atoms. The van der Waals surface area contributed by atoms with Crippen molar-refractivity contribution >= 4 is 49.7 Å². The van der Waals surface area contributed by atoms with Gasteiger partial charge in [-0.1, -0.05) is 12.1 Å². The van der Waals surface area contributed by atoms with E-state index in [9.17, 15) is 8.42 Å². The number of nitrogens with one attached hydrogen (secondary N) is 1. The number of halogens is 1. The molecule has 7 heteroatoms. The second-order valence-corrected chi connectivity index (χ2v) is 6.67. The number of para-hydroxylation sites is 1. The Morgan fingerprint density at radius 3 is 2.42 bits per heavy atom. The fraction of sp³-hybridized carbons (Fsp3) is 0. The molecule has 0 aliphatic heterocycles. The van der Waals surface area contributed by atoms with E-state index in [-0.39, 0.29) is 10.6 Å². The number of nitrogen functional groups attached to an aromatic ring is 1. The molecule has 2 rings (SSSR count). The number of rotatable bonds is 3. The van der Waals surface area contributed by atoms with E-state index in [1.54, 1.807) is 12.1 Å². The van der Waals surface area contributed by atoms with Crippen LogP contribution in [0.15, 0.2) is 47.4 Å². The number of hydrogen-bond donors (Lipinski definition) is 3. The van der Waals surface area contributed by atoms with Crippen molar-refractivity contribution in [3.05, 3.63) is 46.0 Å². The van der Waals surface area contributed by atoms with Gasteiger partial charge in [-0.2, -0.15) is 0 Å². The van der Waals surface area contributed by atoms with Crippen molar-refractivity contribution in [1.29, 1.82) is 0 Å². The van der Waals surface area contributed by atoms with Gasteiger partial charge < -0.3 is 11.1 Å². The summed E-state index contributed by atoms with van der Waals surface area (Å²) in [5.41, 5.74) is 7.28. The number of benzene rings is 2. The number of hydrogen-bond acceptors (Lipinski definition) is 4. The van der Waals surface area contributed by atoms with Crippen molar-refractivity contribution in [2.75, 3.05) is 11.1 Å². The molecule has 0 unspecified atom stereocenters. The molecule has 0 aromatic heterocycles. The predicted octanol–water partition coefficient (Wildman–Crippen LogP) is 2.26. The Bertz CT molecular complexity index is 717. The van der Waals surface area contributed by atoms with E-state index in [2.05, 4.69) is 27.9 Å². The van der Waals surface area contributed by atoms with Gasteiger partial charge in [0.05, 0.1) is 11.4 Å². The van der Waals surface area contributed by atoms with E-state index in [1.165, 1.54) is 6.07 Å². The normalized spacial score (nSPS) is 11.3. The molecule has 0 bridgehead atoms. The quantitative estimate of drug-likeness (QED) is 0.554. The van der Waals surface area contributed by atoms with E-state index in [0.717, 1.165) is 9.26 Å². The molecule has 0 aliphatic rings. The van der Waals surface area contributed by atoms with E-state index < -0.39 is 10.0 Å². The monoisotopic (exact) mass is 389 g/mol. The van der Waals surface area contributed by atoms with Crippen LogP contribution in [0.5, 0.6) is 0 Å². The first-order chi connectivity index (χ1) is 8.88. The Kier molecular flexibility index (Phi) is 3.97. The first kappa shape index (κ1) is 14.1. The minimum atomic E-state index is -3.82. The Balaban J connectivity index is 2.42. The Labute approximate surface area is 125 Å². The Hall–Kier alpha value is -1.32. The Morgan fingerprint density at radius 1 is 1.11 bits per heavy atom. The number of anilines is 3. The van der Waals surface area contributed by atoms with Crippen LogP contribution in [0.25, 0.3) is 0 Å². The second-order valence-electron chi connectivity index (χ2n) is 3.90. The third kappa shape index (κ3) is 3.37. The van der Waals surface area contributed by atoms with Crippen LogP contribution in [0.3, 0.4) is 0 Å². The molecule has 0 amide bonds. The third-order valence-electron chi connectivity index (χ3n) is 2.48. The SMILES string of the molecule is Nc1c(Nc2cccc(I)c2)cccc1S(N)(=O)=O. The van der Waals surface area contributed by atoms with Gasteiger partial charge in [-0.05, 0) is 52.9 Å². The van der Waals surface area contributed by atoms with Crippen molar-refractivity contribution < 1.29 is 8.42 Å². The standard InChI is InChI=1S/C12H12IN3O2S/c13-8-3-1-4-9(7-8)16-10-5-2-6-11(12(10)14)19(15,17)18/h1-7,16H,14H2,(H2,15,17,18). The molecular weight excluding hydrogens is 377 g/mol. The molecule has 19 heavy (non-hydrogen) atoms.